The van der Waals surface area contributed by atoms with Gasteiger partial charge in [0, 0.05) is 19.0 Å². The third-order valence-corrected chi connectivity index (χ3v) is 7.70. The Morgan fingerprint density at radius 1 is 1.09 bits per heavy atom. The summed E-state index contributed by atoms with van der Waals surface area (Å²) in [6.45, 7) is -1.49. The highest BCUT2D eigenvalue weighted by Crippen LogP contribution is 2.49. The number of alkyl carbamates (subject to hydrolysis) is 1. The summed E-state index contributed by atoms with van der Waals surface area (Å²) in [5.41, 5.74) is 2.93. The molecule has 1 saturated carbocycles. The SMILES string of the molecule is O=C(NCC(F)(F)C(=O)N1CC2CCCC2(C(=O)O)C1)OCC1c2ccccc2-c2ccccc21. The van der Waals surface area contributed by atoms with Crippen molar-refractivity contribution in [2.24, 2.45) is 11.3 Å². The van der Waals surface area contributed by atoms with Gasteiger partial charge in [-0.1, -0.05) is 55.0 Å². The van der Waals surface area contributed by atoms with E-state index >= 15 is 0 Å². The lowest BCUT2D eigenvalue weighted by Gasteiger charge is -2.26. The van der Waals surface area contributed by atoms with Gasteiger partial charge in [0.25, 0.3) is 5.91 Å². The zero-order valence-corrected chi connectivity index (χ0v) is 19.0. The molecule has 2 fully saturated rings. The number of benzene rings is 2. The molecule has 2 atom stereocenters. The number of halogens is 2. The van der Waals surface area contributed by atoms with Gasteiger partial charge in [-0.25, -0.2) is 4.79 Å². The molecule has 3 aliphatic rings. The highest BCUT2D eigenvalue weighted by molar-refractivity contribution is 5.87. The highest BCUT2D eigenvalue weighted by atomic mass is 19.3. The number of rotatable bonds is 6. The van der Waals surface area contributed by atoms with Gasteiger partial charge < -0.3 is 20.1 Å². The summed E-state index contributed by atoms with van der Waals surface area (Å²) in [5.74, 6) is -6.92. The molecular weight excluding hydrogens is 458 g/mol. The van der Waals surface area contributed by atoms with Crippen molar-refractivity contribution < 1.29 is 33.0 Å². The van der Waals surface area contributed by atoms with E-state index in [9.17, 15) is 28.3 Å². The van der Waals surface area contributed by atoms with Crippen molar-refractivity contribution in [1.82, 2.24) is 10.2 Å². The molecular formula is C26H26F2N2O5. The van der Waals surface area contributed by atoms with Crippen LogP contribution in [0.4, 0.5) is 13.6 Å². The molecule has 184 valence electrons. The standard InChI is InChI=1S/C26H26F2N2O5/c27-26(28,22(31)30-12-16-6-5-11-25(16,15-30)23(32)33)14-29-24(34)35-13-21-19-9-3-1-7-17(19)18-8-2-4-10-20(18)21/h1-4,7-10,16,21H,5-6,11-15H2,(H,29,34)(H,32,33). The fourth-order valence-corrected chi connectivity index (χ4v) is 5.93. The molecule has 0 spiro atoms. The smallest absolute Gasteiger partial charge is 0.407 e. The zero-order chi connectivity index (χ0) is 24.8. The van der Waals surface area contributed by atoms with Crippen LogP contribution in [0.25, 0.3) is 11.1 Å². The van der Waals surface area contributed by atoms with Gasteiger partial charge in [0.1, 0.15) is 6.61 Å². The summed E-state index contributed by atoms with van der Waals surface area (Å²) in [7, 11) is 0. The van der Waals surface area contributed by atoms with E-state index in [1.54, 1.807) is 0 Å². The molecule has 35 heavy (non-hydrogen) atoms. The number of nitrogens with zero attached hydrogens (tertiary/aromatic N) is 1. The fourth-order valence-electron chi connectivity index (χ4n) is 5.93. The monoisotopic (exact) mass is 484 g/mol. The van der Waals surface area contributed by atoms with E-state index in [2.05, 4.69) is 0 Å². The first kappa shape index (κ1) is 23.3. The van der Waals surface area contributed by atoms with Crippen molar-refractivity contribution in [1.29, 1.82) is 0 Å². The molecule has 2 unspecified atom stereocenters. The summed E-state index contributed by atoms with van der Waals surface area (Å²) in [4.78, 5) is 37.5. The molecule has 2 aliphatic carbocycles. The molecule has 5 rings (SSSR count). The Morgan fingerprint density at radius 2 is 1.71 bits per heavy atom. The van der Waals surface area contributed by atoms with Gasteiger partial charge in [0.05, 0.1) is 12.0 Å². The zero-order valence-electron chi connectivity index (χ0n) is 19.0. The Balaban J connectivity index is 1.18. The van der Waals surface area contributed by atoms with Crippen molar-refractivity contribution in [3.05, 3.63) is 59.7 Å². The van der Waals surface area contributed by atoms with Gasteiger partial charge in [0.2, 0.25) is 0 Å². The lowest BCUT2D eigenvalue weighted by molar-refractivity contribution is -0.157. The highest BCUT2D eigenvalue weighted by Gasteiger charge is 2.58. The molecule has 1 saturated heterocycles. The summed E-state index contributed by atoms with van der Waals surface area (Å²) in [6.07, 6.45) is 0.637. The first-order valence-electron chi connectivity index (χ1n) is 11.7. The largest absolute Gasteiger partial charge is 0.481 e. The van der Waals surface area contributed by atoms with Crippen LogP contribution in [0.5, 0.6) is 0 Å². The number of carbonyl (C=O) groups is 3. The van der Waals surface area contributed by atoms with Crippen molar-refractivity contribution in [3.8, 4) is 11.1 Å². The maximum absolute atomic E-state index is 14.7. The molecule has 9 heteroatoms. The molecule has 0 aromatic heterocycles. The maximum Gasteiger partial charge on any atom is 0.407 e. The van der Waals surface area contributed by atoms with Crippen LogP contribution in [0.3, 0.4) is 0 Å². The first-order valence-corrected chi connectivity index (χ1v) is 11.7. The predicted octanol–water partition coefficient (Wildman–Crippen LogP) is 3.87. The topological polar surface area (TPSA) is 95.9 Å². The van der Waals surface area contributed by atoms with E-state index in [1.807, 2.05) is 53.8 Å². The molecule has 2 aromatic carbocycles. The number of ether oxygens (including phenoxy) is 1. The number of aliphatic carboxylic acids is 1. The Bertz CT molecular complexity index is 1140. The second kappa shape index (κ2) is 8.62. The molecule has 2 aromatic rings. The first-order chi connectivity index (χ1) is 16.7. The van der Waals surface area contributed by atoms with Crippen LogP contribution in [-0.4, -0.2) is 60.1 Å². The van der Waals surface area contributed by atoms with Crippen molar-refractivity contribution in [2.45, 2.75) is 31.1 Å². The van der Waals surface area contributed by atoms with Crippen LogP contribution in [0, 0.1) is 11.3 Å². The Labute approximate surface area is 201 Å². The minimum Gasteiger partial charge on any atom is -0.481 e. The minimum atomic E-state index is -3.87. The lowest BCUT2D eigenvalue weighted by Crippen LogP contribution is -2.50. The van der Waals surface area contributed by atoms with Crippen LogP contribution in [0.1, 0.15) is 36.3 Å². The lowest BCUT2D eigenvalue weighted by atomic mass is 9.81. The summed E-state index contributed by atoms with van der Waals surface area (Å²) in [6, 6.07) is 15.5. The van der Waals surface area contributed by atoms with Crippen molar-refractivity contribution in [3.63, 3.8) is 0 Å². The van der Waals surface area contributed by atoms with E-state index in [0.717, 1.165) is 27.2 Å². The fraction of sp³-hybridized carbons (Fsp3) is 0.423. The van der Waals surface area contributed by atoms with Gasteiger partial charge in [-0.2, -0.15) is 8.78 Å². The van der Waals surface area contributed by atoms with E-state index in [0.29, 0.717) is 19.3 Å². The van der Waals surface area contributed by atoms with Gasteiger partial charge >= 0.3 is 18.0 Å². The van der Waals surface area contributed by atoms with E-state index in [1.165, 1.54) is 0 Å². The van der Waals surface area contributed by atoms with Crippen molar-refractivity contribution in [2.75, 3.05) is 26.2 Å². The predicted molar refractivity (Wildman–Crippen MR) is 122 cm³/mol. The average molecular weight is 484 g/mol. The van der Waals surface area contributed by atoms with E-state index < -0.39 is 35.9 Å². The van der Waals surface area contributed by atoms with Crippen LogP contribution in [0.15, 0.2) is 48.5 Å². The number of nitrogens with one attached hydrogen (secondary N) is 1. The molecule has 1 heterocycles. The summed E-state index contributed by atoms with van der Waals surface area (Å²) >= 11 is 0. The number of likely N-dealkylation sites (tertiary alicyclic amines) is 1. The van der Waals surface area contributed by atoms with Crippen LogP contribution >= 0.6 is 0 Å². The quantitative estimate of drug-likeness (QED) is 0.649. The number of carboxylic acid groups (broad SMARTS) is 1. The number of amides is 2. The molecule has 1 aliphatic heterocycles. The van der Waals surface area contributed by atoms with Gasteiger partial charge in [-0.3, -0.25) is 9.59 Å². The summed E-state index contributed by atoms with van der Waals surface area (Å²) in [5, 5.41) is 11.6. The van der Waals surface area contributed by atoms with Gasteiger partial charge in [-0.05, 0) is 41.0 Å². The average Bonchev–Trinajstić information content (AvgIpc) is 3.51. The summed E-state index contributed by atoms with van der Waals surface area (Å²) < 4.78 is 34.6. The normalized spacial score (nSPS) is 22.9. The molecule has 7 nitrogen and oxygen atoms in total. The minimum absolute atomic E-state index is 0.00827. The third-order valence-electron chi connectivity index (χ3n) is 7.70. The van der Waals surface area contributed by atoms with E-state index in [4.69, 9.17) is 4.74 Å². The molecule has 0 bridgehead atoms. The van der Waals surface area contributed by atoms with Crippen LogP contribution < -0.4 is 5.32 Å². The Hall–Kier alpha value is -3.49. The van der Waals surface area contributed by atoms with Gasteiger partial charge in [-0.15, -0.1) is 0 Å². The molecule has 2 amide bonds. The van der Waals surface area contributed by atoms with Crippen LogP contribution in [-0.2, 0) is 14.3 Å². The van der Waals surface area contributed by atoms with Crippen molar-refractivity contribution >= 4 is 18.0 Å². The Morgan fingerprint density at radius 3 is 2.31 bits per heavy atom. The second-order valence-corrected chi connectivity index (χ2v) is 9.62. The number of alkyl halides is 2. The maximum atomic E-state index is 14.7. The molecule has 2 N–H and O–H groups in total. The Kier molecular flexibility index (Phi) is 5.73. The second-order valence-electron chi connectivity index (χ2n) is 9.62. The number of carbonyl (C=O) groups excluding carboxylic acids is 2. The van der Waals surface area contributed by atoms with E-state index in [-0.39, 0.29) is 31.5 Å². The van der Waals surface area contributed by atoms with Crippen LogP contribution in [0.2, 0.25) is 0 Å². The number of hydrogen-bond acceptors (Lipinski definition) is 4. The molecule has 0 radical (unpaired) electrons. The number of carboxylic acids is 1. The third kappa shape index (κ3) is 3.92. The number of hydrogen-bond donors (Lipinski definition) is 2. The van der Waals surface area contributed by atoms with Gasteiger partial charge in [0.15, 0.2) is 0 Å². The number of fused-ring (bicyclic) bond motifs is 4.